The van der Waals surface area contributed by atoms with Crippen molar-refractivity contribution in [3.8, 4) is 11.8 Å². The summed E-state index contributed by atoms with van der Waals surface area (Å²) in [6.45, 7) is 1.86. The summed E-state index contributed by atoms with van der Waals surface area (Å²) >= 11 is 1.49. The maximum absolute atomic E-state index is 12.7. The molecule has 0 spiro atoms. The highest BCUT2D eigenvalue weighted by Crippen LogP contribution is 2.36. The Morgan fingerprint density at radius 1 is 0.966 bits per heavy atom. The lowest BCUT2D eigenvalue weighted by molar-refractivity contribution is -0.115. The highest BCUT2D eigenvalue weighted by atomic mass is 32.2. The molecule has 2 amide bonds. The highest BCUT2D eigenvalue weighted by Gasteiger charge is 2.23. The minimum atomic E-state index is -0.237. The van der Waals surface area contributed by atoms with E-state index < -0.39 is 0 Å². The molecule has 0 radical (unpaired) electrons. The molecule has 0 bridgehead atoms. The van der Waals surface area contributed by atoms with Gasteiger partial charge in [0.15, 0.2) is 0 Å². The fourth-order valence-electron chi connectivity index (χ4n) is 2.89. The first-order valence-corrected chi connectivity index (χ1v) is 10.1. The van der Waals surface area contributed by atoms with E-state index in [-0.39, 0.29) is 17.1 Å². The lowest BCUT2D eigenvalue weighted by atomic mass is 10.1. The van der Waals surface area contributed by atoms with Crippen molar-refractivity contribution in [2.45, 2.75) is 17.1 Å². The van der Waals surface area contributed by atoms with Crippen LogP contribution in [0.4, 0.5) is 11.4 Å². The molecule has 1 unspecified atom stereocenters. The van der Waals surface area contributed by atoms with Gasteiger partial charge in [0.2, 0.25) is 5.91 Å². The Balaban J connectivity index is 1.50. The van der Waals surface area contributed by atoms with Gasteiger partial charge in [-0.2, -0.15) is 0 Å². The van der Waals surface area contributed by atoms with E-state index in [0.29, 0.717) is 16.9 Å². The summed E-state index contributed by atoms with van der Waals surface area (Å²) in [5.74, 6) is 5.93. The Morgan fingerprint density at radius 3 is 2.55 bits per heavy atom. The van der Waals surface area contributed by atoms with Crippen LogP contribution in [0.15, 0.2) is 77.7 Å². The first-order chi connectivity index (χ1) is 14.1. The van der Waals surface area contributed by atoms with Gasteiger partial charge in [0, 0.05) is 27.3 Å². The number of thioether (sulfide) groups is 1. The minimum Gasteiger partial charge on any atom is -0.324 e. The zero-order valence-corrected chi connectivity index (χ0v) is 16.5. The molecule has 1 aliphatic rings. The normalized spacial score (nSPS) is 14.8. The molecule has 0 aliphatic carbocycles. The topological polar surface area (TPSA) is 58.2 Å². The molecule has 0 saturated heterocycles. The van der Waals surface area contributed by atoms with E-state index in [9.17, 15) is 9.59 Å². The molecular weight excluding hydrogens is 380 g/mol. The van der Waals surface area contributed by atoms with Gasteiger partial charge in [-0.1, -0.05) is 36.1 Å². The van der Waals surface area contributed by atoms with E-state index in [1.165, 1.54) is 11.8 Å². The maximum atomic E-state index is 12.7. The smallest absolute Gasteiger partial charge is 0.255 e. The van der Waals surface area contributed by atoms with E-state index in [1.54, 1.807) is 12.1 Å². The summed E-state index contributed by atoms with van der Waals surface area (Å²) in [5.41, 5.74) is 3.58. The van der Waals surface area contributed by atoms with E-state index in [0.717, 1.165) is 16.0 Å². The van der Waals surface area contributed by atoms with Crippen molar-refractivity contribution >= 4 is 35.0 Å². The number of hydrogen-bond donors (Lipinski definition) is 2. The number of nitrogens with one attached hydrogen (secondary N) is 2. The van der Waals surface area contributed by atoms with Crippen LogP contribution in [-0.4, -0.2) is 17.1 Å². The fraction of sp³-hybridized carbons (Fsp3) is 0.0833. The summed E-state index contributed by atoms with van der Waals surface area (Å²) in [4.78, 5) is 25.5. The fourth-order valence-corrected chi connectivity index (χ4v) is 3.82. The van der Waals surface area contributed by atoms with E-state index in [4.69, 9.17) is 0 Å². The third-order valence-corrected chi connectivity index (χ3v) is 5.60. The summed E-state index contributed by atoms with van der Waals surface area (Å²) in [5, 5.41) is 5.61. The van der Waals surface area contributed by atoms with Gasteiger partial charge in [-0.15, -0.1) is 11.8 Å². The van der Waals surface area contributed by atoms with Crippen LogP contribution in [0.2, 0.25) is 0 Å². The molecule has 2 N–H and O–H groups in total. The van der Waals surface area contributed by atoms with Gasteiger partial charge in [0.05, 0.1) is 10.9 Å². The standard InChI is InChI=1S/C24H18N2O2S/c1-16-23(27)26-21-15-19(12-13-22(21)29-16)24(28)25-20-9-5-8-18(14-20)11-10-17-6-3-2-4-7-17/h2-9,12-16H,1H3,(H,25,28)(H,26,27). The molecule has 3 aromatic rings. The lowest BCUT2D eigenvalue weighted by Gasteiger charge is -2.21. The van der Waals surface area contributed by atoms with Crippen LogP contribution in [0.5, 0.6) is 0 Å². The largest absolute Gasteiger partial charge is 0.324 e. The molecule has 4 nitrogen and oxygen atoms in total. The van der Waals surface area contributed by atoms with Gasteiger partial charge < -0.3 is 10.6 Å². The first kappa shape index (κ1) is 18.9. The van der Waals surface area contributed by atoms with Gasteiger partial charge in [0.25, 0.3) is 5.91 Å². The van der Waals surface area contributed by atoms with Gasteiger partial charge >= 0.3 is 0 Å². The zero-order valence-electron chi connectivity index (χ0n) is 15.7. The molecule has 142 valence electrons. The number of benzene rings is 3. The van der Waals surface area contributed by atoms with Crippen LogP contribution in [0.25, 0.3) is 0 Å². The Morgan fingerprint density at radius 2 is 1.72 bits per heavy atom. The molecule has 5 heteroatoms. The van der Waals surface area contributed by atoms with Crippen molar-refractivity contribution in [2.24, 2.45) is 0 Å². The second-order valence-corrected chi connectivity index (χ2v) is 7.99. The quantitative estimate of drug-likeness (QED) is 0.611. The Labute approximate surface area is 173 Å². The van der Waals surface area contributed by atoms with Crippen LogP contribution < -0.4 is 10.6 Å². The molecule has 1 atom stereocenters. The van der Waals surface area contributed by atoms with Gasteiger partial charge in [0.1, 0.15) is 0 Å². The third-order valence-electron chi connectivity index (χ3n) is 4.42. The SMILES string of the molecule is CC1Sc2ccc(C(=O)Nc3cccc(C#Cc4ccccc4)c3)cc2NC1=O. The second-order valence-electron chi connectivity index (χ2n) is 6.61. The van der Waals surface area contributed by atoms with Crippen molar-refractivity contribution in [1.29, 1.82) is 0 Å². The van der Waals surface area contributed by atoms with Crippen molar-refractivity contribution in [1.82, 2.24) is 0 Å². The maximum Gasteiger partial charge on any atom is 0.255 e. The summed E-state index contributed by atoms with van der Waals surface area (Å²) < 4.78 is 0. The van der Waals surface area contributed by atoms with Gasteiger partial charge in [-0.25, -0.2) is 0 Å². The number of hydrogen-bond acceptors (Lipinski definition) is 3. The van der Waals surface area contributed by atoms with Crippen LogP contribution in [0.1, 0.15) is 28.4 Å². The molecule has 0 aromatic heterocycles. The Bertz CT molecular complexity index is 1150. The molecule has 4 rings (SSSR count). The number of rotatable bonds is 2. The molecule has 0 fully saturated rings. The molecule has 1 heterocycles. The van der Waals surface area contributed by atoms with E-state index in [1.807, 2.05) is 67.6 Å². The predicted molar refractivity (Wildman–Crippen MR) is 117 cm³/mol. The average molecular weight is 398 g/mol. The molecule has 29 heavy (non-hydrogen) atoms. The van der Waals surface area contributed by atoms with Crippen LogP contribution in [0, 0.1) is 11.8 Å². The van der Waals surface area contributed by atoms with Crippen molar-refractivity contribution in [3.63, 3.8) is 0 Å². The predicted octanol–water partition coefficient (Wildman–Crippen LogP) is 4.77. The Kier molecular flexibility index (Phi) is 5.37. The van der Waals surface area contributed by atoms with Crippen molar-refractivity contribution < 1.29 is 9.59 Å². The third kappa shape index (κ3) is 4.50. The summed E-state index contributed by atoms with van der Waals surface area (Å²) in [6, 6.07) is 22.5. The Hall–Kier alpha value is -3.49. The molecule has 1 aliphatic heterocycles. The number of carbonyl (C=O) groups is 2. The summed E-state index contributed by atoms with van der Waals surface area (Å²) in [6.07, 6.45) is 0. The molecule has 0 saturated carbocycles. The van der Waals surface area contributed by atoms with Crippen molar-refractivity contribution in [2.75, 3.05) is 10.6 Å². The summed E-state index contributed by atoms with van der Waals surface area (Å²) in [7, 11) is 0. The average Bonchev–Trinajstić information content (AvgIpc) is 2.74. The van der Waals surface area contributed by atoms with Crippen LogP contribution in [-0.2, 0) is 4.79 Å². The van der Waals surface area contributed by atoms with E-state index >= 15 is 0 Å². The number of amides is 2. The monoisotopic (exact) mass is 398 g/mol. The first-order valence-electron chi connectivity index (χ1n) is 9.18. The highest BCUT2D eigenvalue weighted by molar-refractivity contribution is 8.00. The second kappa shape index (κ2) is 8.26. The number of anilines is 2. The lowest BCUT2D eigenvalue weighted by Crippen LogP contribution is -2.26. The van der Waals surface area contributed by atoms with Gasteiger partial charge in [-0.3, -0.25) is 9.59 Å². The van der Waals surface area contributed by atoms with Crippen LogP contribution >= 0.6 is 11.8 Å². The minimum absolute atomic E-state index is 0.0512. The number of carbonyl (C=O) groups excluding carboxylic acids is 2. The number of fused-ring (bicyclic) bond motifs is 1. The van der Waals surface area contributed by atoms with Crippen LogP contribution in [0.3, 0.4) is 0 Å². The van der Waals surface area contributed by atoms with E-state index in [2.05, 4.69) is 22.5 Å². The van der Waals surface area contributed by atoms with Crippen molar-refractivity contribution in [3.05, 3.63) is 89.5 Å². The molecule has 3 aromatic carbocycles. The zero-order chi connectivity index (χ0) is 20.2. The molecular formula is C24H18N2O2S. The van der Waals surface area contributed by atoms with Gasteiger partial charge in [-0.05, 0) is 55.5 Å².